The summed E-state index contributed by atoms with van der Waals surface area (Å²) in [4.78, 5) is 4.21. The summed E-state index contributed by atoms with van der Waals surface area (Å²) < 4.78 is 16.4. The highest BCUT2D eigenvalue weighted by Gasteiger charge is 2.14. The number of anilines is 1. The number of nitrogens with zero attached hydrogens (tertiary/aromatic N) is 2. The van der Waals surface area contributed by atoms with Crippen LogP contribution in [0.1, 0.15) is 0 Å². The predicted octanol–water partition coefficient (Wildman–Crippen LogP) is 4.16. The summed E-state index contributed by atoms with van der Waals surface area (Å²) in [6, 6.07) is 9.82. The quantitative estimate of drug-likeness (QED) is 0.723. The molecule has 0 aliphatic rings. The molecule has 0 saturated carbocycles. The summed E-state index contributed by atoms with van der Waals surface area (Å²) in [5.74, 6) is -0.190. The summed E-state index contributed by atoms with van der Waals surface area (Å²) in [7, 11) is 0. The molecule has 0 bridgehead atoms. The third kappa shape index (κ3) is 2.09. The maximum absolute atomic E-state index is 14.0. The predicted molar refractivity (Wildman–Crippen MR) is 78.2 cm³/mol. The molecule has 0 unspecified atom stereocenters. The van der Waals surface area contributed by atoms with E-state index in [9.17, 15) is 4.39 Å². The van der Waals surface area contributed by atoms with Gasteiger partial charge in [-0.3, -0.25) is 4.57 Å². The first-order valence-electron chi connectivity index (χ1n) is 5.45. The van der Waals surface area contributed by atoms with Crippen LogP contribution in [0.15, 0.2) is 40.9 Å². The standard InChI is InChI=1S/C13H8BrClFN3/c14-7-1-4-10-12(5-7)19(13(17)18-10)11-6-8(15)2-3-9(11)16/h1-6H,(H2,17,18). The van der Waals surface area contributed by atoms with Crippen molar-refractivity contribution in [3.05, 3.63) is 51.7 Å². The number of nitrogen functional groups attached to an aromatic ring is 1. The van der Waals surface area contributed by atoms with Crippen LogP contribution in [-0.4, -0.2) is 9.55 Å². The molecule has 0 aliphatic heterocycles. The van der Waals surface area contributed by atoms with Gasteiger partial charge in [-0.1, -0.05) is 27.5 Å². The Morgan fingerprint density at radius 2 is 2.00 bits per heavy atom. The van der Waals surface area contributed by atoms with Gasteiger partial charge in [-0.2, -0.15) is 0 Å². The van der Waals surface area contributed by atoms with E-state index in [1.165, 1.54) is 18.2 Å². The number of halogens is 3. The second-order valence-electron chi connectivity index (χ2n) is 4.03. The molecule has 2 N–H and O–H groups in total. The van der Waals surface area contributed by atoms with E-state index in [1.54, 1.807) is 4.57 Å². The fourth-order valence-electron chi connectivity index (χ4n) is 1.98. The van der Waals surface area contributed by atoms with Crippen molar-refractivity contribution in [1.82, 2.24) is 9.55 Å². The number of imidazole rings is 1. The average Bonchev–Trinajstić information content (AvgIpc) is 2.68. The molecule has 1 aromatic heterocycles. The molecule has 0 saturated heterocycles. The number of hydrogen-bond donors (Lipinski definition) is 1. The molecule has 3 nitrogen and oxygen atoms in total. The number of aromatic nitrogens is 2. The van der Waals surface area contributed by atoms with Gasteiger partial charge in [0.25, 0.3) is 0 Å². The van der Waals surface area contributed by atoms with Crippen molar-refractivity contribution in [3.8, 4) is 5.69 Å². The fraction of sp³-hybridized carbons (Fsp3) is 0. The van der Waals surface area contributed by atoms with Crippen LogP contribution < -0.4 is 5.73 Å². The van der Waals surface area contributed by atoms with E-state index in [2.05, 4.69) is 20.9 Å². The zero-order chi connectivity index (χ0) is 13.6. The molecule has 0 aliphatic carbocycles. The zero-order valence-corrected chi connectivity index (χ0v) is 11.9. The van der Waals surface area contributed by atoms with Crippen molar-refractivity contribution < 1.29 is 4.39 Å². The normalized spacial score (nSPS) is 11.1. The molecular weight excluding hydrogens is 333 g/mol. The van der Waals surface area contributed by atoms with E-state index in [0.717, 1.165) is 4.47 Å². The number of rotatable bonds is 1. The van der Waals surface area contributed by atoms with Gasteiger partial charge >= 0.3 is 0 Å². The molecule has 1 heterocycles. The molecule has 96 valence electrons. The lowest BCUT2D eigenvalue weighted by atomic mass is 10.2. The lowest BCUT2D eigenvalue weighted by molar-refractivity contribution is 0.620. The van der Waals surface area contributed by atoms with Crippen LogP contribution in [0.25, 0.3) is 16.7 Å². The Morgan fingerprint density at radius 1 is 1.21 bits per heavy atom. The Balaban J connectivity index is 2.38. The first kappa shape index (κ1) is 12.4. The molecule has 0 atom stereocenters. The molecule has 0 spiro atoms. The van der Waals surface area contributed by atoms with Crippen molar-refractivity contribution in [2.75, 3.05) is 5.73 Å². The fourth-order valence-corrected chi connectivity index (χ4v) is 2.49. The van der Waals surface area contributed by atoms with Crippen LogP contribution in [0.2, 0.25) is 5.02 Å². The summed E-state index contributed by atoms with van der Waals surface area (Å²) in [5.41, 5.74) is 7.57. The molecular formula is C13H8BrClFN3. The Hall–Kier alpha value is -1.59. The summed E-state index contributed by atoms with van der Waals surface area (Å²) in [5, 5.41) is 0.438. The third-order valence-electron chi connectivity index (χ3n) is 2.79. The van der Waals surface area contributed by atoms with E-state index >= 15 is 0 Å². The van der Waals surface area contributed by atoms with Crippen LogP contribution >= 0.6 is 27.5 Å². The lowest BCUT2D eigenvalue weighted by Gasteiger charge is -2.08. The first-order chi connectivity index (χ1) is 9.06. The molecule has 19 heavy (non-hydrogen) atoms. The minimum absolute atomic E-state index is 0.217. The number of benzene rings is 2. The van der Waals surface area contributed by atoms with Crippen molar-refractivity contribution in [2.24, 2.45) is 0 Å². The highest BCUT2D eigenvalue weighted by atomic mass is 79.9. The maximum atomic E-state index is 14.0. The van der Waals surface area contributed by atoms with Crippen LogP contribution in [0, 0.1) is 5.82 Å². The van der Waals surface area contributed by atoms with E-state index in [0.29, 0.717) is 16.1 Å². The molecule has 6 heteroatoms. The van der Waals surface area contributed by atoms with E-state index in [4.69, 9.17) is 17.3 Å². The second kappa shape index (κ2) is 4.51. The Kier molecular flexibility index (Phi) is 2.95. The number of hydrogen-bond acceptors (Lipinski definition) is 2. The Labute approximate surface area is 121 Å². The number of fused-ring (bicyclic) bond motifs is 1. The van der Waals surface area contributed by atoms with Crippen LogP contribution in [0.4, 0.5) is 10.3 Å². The molecule has 0 radical (unpaired) electrons. The van der Waals surface area contributed by atoms with Gasteiger partial charge in [0, 0.05) is 9.50 Å². The topological polar surface area (TPSA) is 43.8 Å². The molecule has 3 rings (SSSR count). The van der Waals surface area contributed by atoms with Gasteiger partial charge in [-0.15, -0.1) is 0 Å². The molecule has 2 aromatic carbocycles. The van der Waals surface area contributed by atoms with Crippen molar-refractivity contribution in [2.45, 2.75) is 0 Å². The van der Waals surface area contributed by atoms with Gasteiger partial charge in [0.2, 0.25) is 5.95 Å². The van der Waals surface area contributed by atoms with Gasteiger partial charge in [0.15, 0.2) is 0 Å². The largest absolute Gasteiger partial charge is 0.369 e. The number of nitrogens with two attached hydrogens (primary N) is 1. The molecule has 3 aromatic rings. The van der Waals surface area contributed by atoms with Crippen LogP contribution in [0.5, 0.6) is 0 Å². The van der Waals surface area contributed by atoms with Crippen molar-refractivity contribution >= 4 is 44.5 Å². The second-order valence-corrected chi connectivity index (χ2v) is 5.39. The van der Waals surface area contributed by atoms with Crippen LogP contribution in [-0.2, 0) is 0 Å². The van der Waals surface area contributed by atoms with Gasteiger partial charge in [0.05, 0.1) is 16.7 Å². The smallest absolute Gasteiger partial charge is 0.206 e. The van der Waals surface area contributed by atoms with Gasteiger partial charge in [0.1, 0.15) is 5.82 Å². The lowest BCUT2D eigenvalue weighted by Crippen LogP contribution is -2.02. The maximum Gasteiger partial charge on any atom is 0.206 e. The van der Waals surface area contributed by atoms with Gasteiger partial charge in [-0.25, -0.2) is 9.37 Å². The van der Waals surface area contributed by atoms with Gasteiger partial charge in [-0.05, 0) is 36.4 Å². The summed E-state index contributed by atoms with van der Waals surface area (Å²) in [6.07, 6.45) is 0. The van der Waals surface area contributed by atoms with Gasteiger partial charge < -0.3 is 5.73 Å². The molecule has 0 fully saturated rings. The zero-order valence-electron chi connectivity index (χ0n) is 9.57. The van der Waals surface area contributed by atoms with E-state index in [-0.39, 0.29) is 11.6 Å². The van der Waals surface area contributed by atoms with Crippen LogP contribution in [0.3, 0.4) is 0 Å². The average molecular weight is 341 g/mol. The third-order valence-corrected chi connectivity index (χ3v) is 3.52. The van der Waals surface area contributed by atoms with Crippen molar-refractivity contribution in [1.29, 1.82) is 0 Å². The SMILES string of the molecule is Nc1nc2ccc(Br)cc2n1-c1cc(Cl)ccc1F. The minimum atomic E-state index is -0.407. The van der Waals surface area contributed by atoms with E-state index in [1.807, 2.05) is 18.2 Å². The first-order valence-corrected chi connectivity index (χ1v) is 6.62. The Bertz CT molecular complexity index is 785. The highest BCUT2D eigenvalue weighted by Crippen LogP contribution is 2.28. The summed E-state index contributed by atoms with van der Waals surface area (Å²) >= 11 is 9.30. The Morgan fingerprint density at radius 3 is 2.79 bits per heavy atom. The van der Waals surface area contributed by atoms with Crippen molar-refractivity contribution in [3.63, 3.8) is 0 Å². The highest BCUT2D eigenvalue weighted by molar-refractivity contribution is 9.10. The summed E-state index contributed by atoms with van der Waals surface area (Å²) in [6.45, 7) is 0. The monoisotopic (exact) mass is 339 g/mol. The van der Waals surface area contributed by atoms with E-state index < -0.39 is 5.82 Å². The minimum Gasteiger partial charge on any atom is -0.369 e. The molecule has 0 amide bonds.